The van der Waals surface area contributed by atoms with E-state index in [1.165, 1.54) is 33.5 Å². The topological polar surface area (TPSA) is 97.9 Å². The fraction of sp³-hybridized carbons (Fsp3) is 0.250. The molecule has 160 valence electrons. The van der Waals surface area contributed by atoms with Gasteiger partial charge >= 0.3 is 0 Å². The van der Waals surface area contributed by atoms with Crippen LogP contribution in [-0.2, 0) is 4.79 Å². The standard InChI is InChI=1S/C20H22ClN3O5S/c1-5-17(25)22-12-6-7-13(21)14(10-12)23-20(30)24-19(26)11-8-15(27-2)18(29-4)16(9-11)28-3/h6-10H,5H2,1-4H3,(H,22,25)(H2,23,24,26,30). The Morgan fingerprint density at radius 2 is 1.63 bits per heavy atom. The first kappa shape index (κ1) is 23.2. The zero-order valence-corrected chi connectivity index (χ0v) is 18.5. The van der Waals surface area contributed by atoms with E-state index in [2.05, 4.69) is 16.0 Å². The molecular formula is C20H22ClN3O5S. The number of ether oxygens (including phenoxy) is 3. The van der Waals surface area contributed by atoms with Crippen LogP contribution >= 0.6 is 23.8 Å². The van der Waals surface area contributed by atoms with Gasteiger partial charge in [0.2, 0.25) is 11.7 Å². The predicted octanol–water partition coefficient (Wildman–Crippen LogP) is 3.84. The molecule has 2 rings (SSSR count). The Morgan fingerprint density at radius 1 is 1.00 bits per heavy atom. The first-order valence-electron chi connectivity index (χ1n) is 8.84. The highest BCUT2D eigenvalue weighted by Crippen LogP contribution is 2.38. The number of halogens is 1. The van der Waals surface area contributed by atoms with Gasteiger partial charge in [-0.25, -0.2) is 0 Å². The molecule has 0 bridgehead atoms. The van der Waals surface area contributed by atoms with E-state index in [-0.39, 0.29) is 16.6 Å². The fourth-order valence-corrected chi connectivity index (χ4v) is 2.86. The summed E-state index contributed by atoms with van der Waals surface area (Å²) < 4.78 is 15.8. The highest BCUT2D eigenvalue weighted by Gasteiger charge is 2.18. The minimum Gasteiger partial charge on any atom is -0.493 e. The van der Waals surface area contributed by atoms with Gasteiger partial charge in [0.15, 0.2) is 16.6 Å². The van der Waals surface area contributed by atoms with Crippen molar-refractivity contribution in [1.29, 1.82) is 0 Å². The van der Waals surface area contributed by atoms with Crippen molar-refractivity contribution in [2.45, 2.75) is 13.3 Å². The van der Waals surface area contributed by atoms with E-state index in [1.807, 2.05) is 0 Å². The summed E-state index contributed by atoms with van der Waals surface area (Å²) in [6, 6.07) is 7.91. The maximum absolute atomic E-state index is 12.6. The second kappa shape index (κ2) is 10.7. The zero-order valence-electron chi connectivity index (χ0n) is 16.9. The minimum atomic E-state index is -0.488. The summed E-state index contributed by atoms with van der Waals surface area (Å²) in [6.45, 7) is 1.75. The Labute approximate surface area is 184 Å². The van der Waals surface area contributed by atoms with Crippen LogP contribution in [0.3, 0.4) is 0 Å². The number of benzene rings is 2. The molecule has 8 nitrogen and oxygen atoms in total. The molecule has 0 saturated heterocycles. The van der Waals surface area contributed by atoms with Crippen LogP contribution in [0.4, 0.5) is 11.4 Å². The Morgan fingerprint density at radius 3 is 2.17 bits per heavy atom. The van der Waals surface area contributed by atoms with E-state index in [0.29, 0.717) is 40.1 Å². The average molecular weight is 452 g/mol. The van der Waals surface area contributed by atoms with Gasteiger partial charge in [-0.3, -0.25) is 14.9 Å². The van der Waals surface area contributed by atoms with Gasteiger partial charge < -0.3 is 24.8 Å². The van der Waals surface area contributed by atoms with Crippen molar-refractivity contribution in [3.05, 3.63) is 40.9 Å². The molecule has 0 radical (unpaired) electrons. The molecule has 0 fully saturated rings. The Hall–Kier alpha value is -3.04. The largest absolute Gasteiger partial charge is 0.493 e. The van der Waals surface area contributed by atoms with Gasteiger partial charge in [0.05, 0.1) is 32.0 Å². The second-order valence-corrected chi connectivity index (χ2v) is 6.73. The molecule has 30 heavy (non-hydrogen) atoms. The molecule has 2 amide bonds. The highest BCUT2D eigenvalue weighted by molar-refractivity contribution is 7.80. The number of carbonyl (C=O) groups excluding carboxylic acids is 2. The van der Waals surface area contributed by atoms with Crippen molar-refractivity contribution in [3.63, 3.8) is 0 Å². The molecule has 0 heterocycles. The van der Waals surface area contributed by atoms with E-state index in [9.17, 15) is 9.59 Å². The van der Waals surface area contributed by atoms with E-state index in [0.717, 1.165) is 0 Å². The van der Waals surface area contributed by atoms with Gasteiger partial charge in [0, 0.05) is 17.7 Å². The smallest absolute Gasteiger partial charge is 0.257 e. The molecule has 10 heteroatoms. The monoisotopic (exact) mass is 451 g/mol. The maximum atomic E-state index is 12.6. The van der Waals surface area contributed by atoms with Crippen LogP contribution in [0.25, 0.3) is 0 Å². The highest BCUT2D eigenvalue weighted by atomic mass is 35.5. The molecule has 0 saturated carbocycles. The average Bonchev–Trinajstić information content (AvgIpc) is 2.74. The quantitative estimate of drug-likeness (QED) is 0.550. The molecule has 0 spiro atoms. The lowest BCUT2D eigenvalue weighted by Gasteiger charge is -2.15. The number of rotatable bonds is 7. The van der Waals surface area contributed by atoms with Crippen molar-refractivity contribution in [2.24, 2.45) is 0 Å². The number of hydrogen-bond donors (Lipinski definition) is 3. The summed E-state index contributed by atoms with van der Waals surface area (Å²) in [7, 11) is 4.38. The van der Waals surface area contributed by atoms with Crippen molar-refractivity contribution in [3.8, 4) is 17.2 Å². The van der Waals surface area contributed by atoms with Gasteiger partial charge in [-0.05, 0) is 42.5 Å². The number of hydrogen-bond acceptors (Lipinski definition) is 6. The lowest BCUT2D eigenvalue weighted by molar-refractivity contribution is -0.115. The molecule has 0 aromatic heterocycles. The molecule has 0 atom stereocenters. The minimum absolute atomic E-state index is 0.0228. The van der Waals surface area contributed by atoms with Crippen LogP contribution in [0.1, 0.15) is 23.7 Å². The van der Waals surface area contributed by atoms with E-state index in [1.54, 1.807) is 25.1 Å². The lowest BCUT2D eigenvalue weighted by atomic mass is 10.1. The summed E-state index contributed by atoms with van der Waals surface area (Å²) in [6.07, 6.45) is 0.342. The first-order chi connectivity index (χ1) is 14.3. The number of anilines is 2. The van der Waals surface area contributed by atoms with Crippen LogP contribution in [0.2, 0.25) is 5.02 Å². The van der Waals surface area contributed by atoms with Gasteiger partial charge in [-0.2, -0.15) is 0 Å². The van der Waals surface area contributed by atoms with Gasteiger partial charge in [-0.1, -0.05) is 18.5 Å². The van der Waals surface area contributed by atoms with Crippen LogP contribution < -0.4 is 30.2 Å². The van der Waals surface area contributed by atoms with Gasteiger partial charge in [0.25, 0.3) is 5.91 Å². The Bertz CT molecular complexity index is 942. The summed E-state index contributed by atoms with van der Waals surface area (Å²) in [4.78, 5) is 24.2. The summed E-state index contributed by atoms with van der Waals surface area (Å²) in [5.74, 6) is 0.418. The third-order valence-electron chi connectivity index (χ3n) is 3.97. The summed E-state index contributed by atoms with van der Waals surface area (Å²) >= 11 is 11.4. The number of thiocarbonyl (C=S) groups is 1. The molecule has 2 aromatic rings. The fourth-order valence-electron chi connectivity index (χ4n) is 2.49. The van der Waals surface area contributed by atoms with E-state index >= 15 is 0 Å². The second-order valence-electron chi connectivity index (χ2n) is 5.92. The van der Waals surface area contributed by atoms with Crippen LogP contribution in [0, 0.1) is 0 Å². The predicted molar refractivity (Wildman–Crippen MR) is 120 cm³/mol. The van der Waals surface area contributed by atoms with Gasteiger partial charge in [0.1, 0.15) is 0 Å². The third-order valence-corrected chi connectivity index (χ3v) is 4.51. The Balaban J connectivity index is 2.16. The molecule has 0 aliphatic carbocycles. The number of methoxy groups -OCH3 is 3. The molecule has 0 aliphatic heterocycles. The molecule has 3 N–H and O–H groups in total. The van der Waals surface area contributed by atoms with Crippen molar-refractivity contribution in [2.75, 3.05) is 32.0 Å². The van der Waals surface area contributed by atoms with Crippen molar-refractivity contribution < 1.29 is 23.8 Å². The molecule has 0 aliphatic rings. The molecular weight excluding hydrogens is 430 g/mol. The van der Waals surface area contributed by atoms with Crippen LogP contribution in [-0.4, -0.2) is 38.3 Å². The molecule has 0 unspecified atom stereocenters. The van der Waals surface area contributed by atoms with E-state index < -0.39 is 5.91 Å². The zero-order chi connectivity index (χ0) is 22.3. The van der Waals surface area contributed by atoms with Crippen molar-refractivity contribution >= 4 is 52.1 Å². The van der Waals surface area contributed by atoms with Crippen LogP contribution in [0.15, 0.2) is 30.3 Å². The lowest BCUT2D eigenvalue weighted by Crippen LogP contribution is -2.34. The Kier molecular flexibility index (Phi) is 8.25. The number of nitrogens with one attached hydrogen (secondary N) is 3. The van der Waals surface area contributed by atoms with Gasteiger partial charge in [-0.15, -0.1) is 0 Å². The summed E-state index contributed by atoms with van der Waals surface area (Å²) in [5, 5.41) is 8.54. The number of carbonyl (C=O) groups is 2. The first-order valence-corrected chi connectivity index (χ1v) is 9.63. The molecule has 2 aromatic carbocycles. The third kappa shape index (κ3) is 5.74. The van der Waals surface area contributed by atoms with Crippen LogP contribution in [0.5, 0.6) is 17.2 Å². The van der Waals surface area contributed by atoms with Crippen molar-refractivity contribution in [1.82, 2.24) is 5.32 Å². The van der Waals surface area contributed by atoms with E-state index in [4.69, 9.17) is 38.0 Å². The normalized spacial score (nSPS) is 10.0. The number of amides is 2. The SMILES string of the molecule is CCC(=O)Nc1ccc(Cl)c(NC(=S)NC(=O)c2cc(OC)c(OC)c(OC)c2)c1. The maximum Gasteiger partial charge on any atom is 0.257 e. The summed E-state index contributed by atoms with van der Waals surface area (Å²) in [5.41, 5.74) is 1.23.